The van der Waals surface area contributed by atoms with Crippen LogP contribution < -0.4 is 15.6 Å². The summed E-state index contributed by atoms with van der Waals surface area (Å²) in [6.45, 7) is 0.911. The van der Waals surface area contributed by atoms with Gasteiger partial charge in [0.25, 0.3) is 5.91 Å². The summed E-state index contributed by atoms with van der Waals surface area (Å²) in [7, 11) is 3.25. The van der Waals surface area contributed by atoms with E-state index in [1.807, 2.05) is 48.5 Å². The Labute approximate surface area is 163 Å². The minimum absolute atomic E-state index is 0.160. The summed E-state index contributed by atoms with van der Waals surface area (Å²) in [6, 6.07) is 18.1. The fourth-order valence-corrected chi connectivity index (χ4v) is 2.68. The highest BCUT2D eigenvalue weighted by Crippen LogP contribution is 2.15. The molecule has 0 atom stereocenters. The fraction of sp³-hybridized carbons (Fsp3) is 0.182. The lowest BCUT2D eigenvalue weighted by atomic mass is 10.2. The summed E-state index contributed by atoms with van der Waals surface area (Å²) in [6.07, 6.45) is 1.51. The van der Waals surface area contributed by atoms with Gasteiger partial charge in [-0.3, -0.25) is 9.59 Å². The third kappa shape index (κ3) is 5.08. The van der Waals surface area contributed by atoms with E-state index < -0.39 is 0 Å². The Balaban J connectivity index is 1.57. The molecule has 0 aliphatic rings. The van der Waals surface area contributed by atoms with Crippen molar-refractivity contribution in [2.75, 3.05) is 12.4 Å². The van der Waals surface area contributed by atoms with E-state index in [2.05, 4.69) is 5.32 Å². The molecule has 0 spiro atoms. The molecule has 6 nitrogen and oxygen atoms in total. The van der Waals surface area contributed by atoms with Crippen molar-refractivity contribution in [3.8, 4) is 5.75 Å². The van der Waals surface area contributed by atoms with E-state index >= 15 is 0 Å². The molecule has 0 radical (unpaired) electrons. The summed E-state index contributed by atoms with van der Waals surface area (Å²) in [5, 5.41) is 2.84. The van der Waals surface area contributed by atoms with Crippen LogP contribution in [0.4, 0.5) is 5.69 Å². The lowest BCUT2D eigenvalue weighted by Gasteiger charge is -2.09. The molecule has 1 aromatic heterocycles. The molecule has 3 rings (SSSR count). The molecule has 0 saturated carbocycles. The van der Waals surface area contributed by atoms with Crippen LogP contribution in [-0.4, -0.2) is 17.6 Å². The first-order chi connectivity index (χ1) is 13.5. The van der Waals surface area contributed by atoms with Gasteiger partial charge in [-0.05, 0) is 41.5 Å². The van der Waals surface area contributed by atoms with Crippen LogP contribution in [0.3, 0.4) is 0 Å². The minimum atomic E-state index is -0.271. The Hall–Kier alpha value is -3.38. The van der Waals surface area contributed by atoms with E-state index in [1.165, 1.54) is 22.9 Å². The van der Waals surface area contributed by atoms with Gasteiger partial charge in [-0.1, -0.05) is 24.3 Å². The number of carbonyl (C=O) groups is 1. The average Bonchev–Trinajstić information content (AvgIpc) is 2.71. The molecule has 0 fully saturated rings. The van der Waals surface area contributed by atoms with Crippen LogP contribution >= 0.6 is 0 Å². The molecule has 6 heteroatoms. The maximum atomic E-state index is 12.4. The highest BCUT2D eigenvalue weighted by Gasteiger charge is 2.07. The number of anilines is 1. The van der Waals surface area contributed by atoms with Crippen LogP contribution in [0.1, 0.15) is 21.5 Å². The number of aryl methyl sites for hydroxylation is 1. The molecule has 1 N–H and O–H groups in total. The van der Waals surface area contributed by atoms with Gasteiger partial charge in [0.15, 0.2) is 0 Å². The van der Waals surface area contributed by atoms with Crippen molar-refractivity contribution in [1.29, 1.82) is 0 Å². The number of rotatable bonds is 7. The van der Waals surface area contributed by atoms with Crippen molar-refractivity contribution >= 4 is 11.6 Å². The molecular formula is C22H22N2O4. The van der Waals surface area contributed by atoms with E-state index in [0.717, 1.165) is 16.9 Å². The number of hydrogen-bond acceptors (Lipinski definition) is 4. The maximum Gasteiger partial charge on any atom is 0.257 e. The average molecular weight is 378 g/mol. The van der Waals surface area contributed by atoms with Gasteiger partial charge in [-0.25, -0.2) is 0 Å². The van der Waals surface area contributed by atoms with Crippen LogP contribution in [0.15, 0.2) is 71.7 Å². The second-order valence-electron chi connectivity index (χ2n) is 6.36. The number of aromatic nitrogens is 1. The summed E-state index contributed by atoms with van der Waals surface area (Å²) in [5.74, 6) is 0.539. The lowest BCUT2D eigenvalue weighted by molar-refractivity contribution is 0.102. The number of nitrogens with one attached hydrogen (secondary N) is 1. The molecule has 144 valence electrons. The number of carbonyl (C=O) groups excluding carboxylic acids is 1. The van der Waals surface area contributed by atoms with Gasteiger partial charge in [-0.15, -0.1) is 0 Å². The SMILES string of the molecule is COc1ccc(COCc2cccc(NC(=O)c3ccc(=O)n(C)c3)c2)cc1. The topological polar surface area (TPSA) is 69.6 Å². The second-order valence-corrected chi connectivity index (χ2v) is 6.36. The fourth-order valence-electron chi connectivity index (χ4n) is 2.68. The van der Waals surface area contributed by atoms with Crippen LogP contribution in [0.5, 0.6) is 5.75 Å². The summed E-state index contributed by atoms with van der Waals surface area (Å²) in [5.41, 5.74) is 2.94. The lowest BCUT2D eigenvalue weighted by Crippen LogP contribution is -2.19. The van der Waals surface area contributed by atoms with E-state index in [1.54, 1.807) is 14.2 Å². The molecule has 0 bridgehead atoms. The zero-order chi connectivity index (χ0) is 19.9. The molecular weight excluding hydrogens is 356 g/mol. The number of ether oxygens (including phenoxy) is 2. The van der Waals surface area contributed by atoms with Crippen molar-refractivity contribution in [3.63, 3.8) is 0 Å². The van der Waals surface area contributed by atoms with Crippen LogP contribution in [0.2, 0.25) is 0 Å². The first kappa shape index (κ1) is 19.4. The van der Waals surface area contributed by atoms with Gasteiger partial charge < -0.3 is 19.4 Å². The Kier molecular flexibility index (Phi) is 6.24. The quantitative estimate of drug-likeness (QED) is 0.684. The molecule has 0 unspecified atom stereocenters. The smallest absolute Gasteiger partial charge is 0.257 e. The molecule has 0 aliphatic carbocycles. The van der Waals surface area contributed by atoms with Crippen molar-refractivity contribution in [2.24, 2.45) is 7.05 Å². The first-order valence-electron chi connectivity index (χ1n) is 8.83. The zero-order valence-corrected chi connectivity index (χ0v) is 15.8. The molecule has 0 saturated heterocycles. The molecule has 1 heterocycles. The van der Waals surface area contributed by atoms with Crippen molar-refractivity contribution in [3.05, 3.63) is 93.9 Å². The maximum absolute atomic E-state index is 12.4. The number of amides is 1. The van der Waals surface area contributed by atoms with E-state index in [0.29, 0.717) is 24.5 Å². The third-order valence-corrected chi connectivity index (χ3v) is 4.23. The minimum Gasteiger partial charge on any atom is -0.497 e. The van der Waals surface area contributed by atoms with Gasteiger partial charge in [-0.2, -0.15) is 0 Å². The van der Waals surface area contributed by atoms with Gasteiger partial charge in [0.05, 0.1) is 25.9 Å². The second kappa shape index (κ2) is 9.01. The number of pyridine rings is 1. The van der Waals surface area contributed by atoms with Crippen molar-refractivity contribution in [2.45, 2.75) is 13.2 Å². The number of hydrogen-bond donors (Lipinski definition) is 1. The van der Waals surface area contributed by atoms with E-state index in [-0.39, 0.29) is 11.5 Å². The summed E-state index contributed by atoms with van der Waals surface area (Å²) >= 11 is 0. The van der Waals surface area contributed by atoms with Crippen LogP contribution in [0.25, 0.3) is 0 Å². The van der Waals surface area contributed by atoms with Gasteiger partial charge in [0.2, 0.25) is 5.56 Å². The number of benzene rings is 2. The predicted molar refractivity (Wildman–Crippen MR) is 108 cm³/mol. The van der Waals surface area contributed by atoms with E-state index in [4.69, 9.17) is 9.47 Å². The van der Waals surface area contributed by atoms with Gasteiger partial charge in [0.1, 0.15) is 5.75 Å². The molecule has 1 amide bonds. The number of nitrogens with zero attached hydrogens (tertiary/aromatic N) is 1. The predicted octanol–water partition coefficient (Wildman–Crippen LogP) is 3.36. The Morgan fingerprint density at radius 1 is 1.00 bits per heavy atom. The third-order valence-electron chi connectivity index (χ3n) is 4.23. The van der Waals surface area contributed by atoms with Crippen molar-refractivity contribution < 1.29 is 14.3 Å². The first-order valence-corrected chi connectivity index (χ1v) is 8.83. The van der Waals surface area contributed by atoms with Gasteiger partial charge in [0, 0.05) is 25.0 Å². The summed E-state index contributed by atoms with van der Waals surface area (Å²) < 4.78 is 12.3. The highest BCUT2D eigenvalue weighted by molar-refractivity contribution is 6.04. The molecule has 2 aromatic carbocycles. The monoisotopic (exact) mass is 378 g/mol. The Morgan fingerprint density at radius 3 is 2.46 bits per heavy atom. The Bertz CT molecular complexity index is 1010. The normalized spacial score (nSPS) is 10.5. The Morgan fingerprint density at radius 2 is 1.75 bits per heavy atom. The van der Waals surface area contributed by atoms with E-state index in [9.17, 15) is 9.59 Å². The molecule has 0 aliphatic heterocycles. The largest absolute Gasteiger partial charge is 0.497 e. The van der Waals surface area contributed by atoms with Crippen LogP contribution in [-0.2, 0) is 25.0 Å². The number of methoxy groups -OCH3 is 1. The van der Waals surface area contributed by atoms with Crippen molar-refractivity contribution in [1.82, 2.24) is 4.57 Å². The van der Waals surface area contributed by atoms with Crippen LogP contribution in [0, 0.1) is 0 Å². The standard InChI is InChI=1S/C22H22N2O4/c1-24-13-18(8-11-21(24)25)22(26)23-19-5-3-4-17(12-19)15-28-14-16-6-9-20(27-2)10-7-16/h3-13H,14-15H2,1-2H3,(H,23,26). The summed E-state index contributed by atoms with van der Waals surface area (Å²) in [4.78, 5) is 23.8. The highest BCUT2D eigenvalue weighted by atomic mass is 16.5. The molecule has 3 aromatic rings. The van der Waals surface area contributed by atoms with Gasteiger partial charge >= 0.3 is 0 Å². The zero-order valence-electron chi connectivity index (χ0n) is 15.8. The molecule has 28 heavy (non-hydrogen) atoms.